The van der Waals surface area contributed by atoms with Crippen LogP contribution in [0.3, 0.4) is 0 Å². The molecule has 10 heteroatoms. The van der Waals surface area contributed by atoms with Gasteiger partial charge < -0.3 is 24.8 Å². The van der Waals surface area contributed by atoms with E-state index >= 15 is 0 Å². The van der Waals surface area contributed by atoms with E-state index in [0.29, 0.717) is 5.56 Å². The number of carbonyl (C=O) groups excluding carboxylic acids is 3. The molecule has 0 aromatic heterocycles. The number of nitrogens with one attached hydrogen (secondary N) is 1. The summed E-state index contributed by atoms with van der Waals surface area (Å²) in [6.07, 6.45) is 0.0296. The Balaban J connectivity index is 2.83. The number of amides is 2. The number of primary amides is 1. The minimum atomic E-state index is -3.25. The Morgan fingerprint density at radius 3 is 2.07 bits per heavy atom. The van der Waals surface area contributed by atoms with Crippen LogP contribution in [0.5, 0.6) is 0 Å². The van der Waals surface area contributed by atoms with Crippen molar-refractivity contribution in [3.8, 4) is 0 Å². The van der Waals surface area contributed by atoms with Gasteiger partial charge in [-0.25, -0.2) is 0 Å². The second-order valence-electron chi connectivity index (χ2n) is 6.64. The number of rotatable bonds is 13. The molecule has 0 radical (unpaired) electrons. The second-order valence-corrected chi connectivity index (χ2v) is 8.70. The first-order valence-corrected chi connectivity index (χ1v) is 11.6. The Morgan fingerprint density at radius 1 is 1.03 bits per heavy atom. The first-order chi connectivity index (χ1) is 14.2. The van der Waals surface area contributed by atoms with Gasteiger partial charge in [0.2, 0.25) is 5.91 Å². The van der Waals surface area contributed by atoms with Crippen molar-refractivity contribution in [2.45, 2.75) is 46.3 Å². The van der Waals surface area contributed by atoms with Gasteiger partial charge in [-0.15, -0.1) is 0 Å². The van der Waals surface area contributed by atoms with Crippen LogP contribution in [0, 0.1) is 5.92 Å². The summed E-state index contributed by atoms with van der Waals surface area (Å²) < 4.78 is 28.0. The van der Waals surface area contributed by atoms with Gasteiger partial charge in [-0.05, 0) is 44.4 Å². The molecule has 0 aliphatic heterocycles. The van der Waals surface area contributed by atoms with Gasteiger partial charge in [0.25, 0.3) is 5.91 Å². The molecule has 0 fully saturated rings. The van der Waals surface area contributed by atoms with Crippen LogP contribution in [-0.2, 0) is 34.1 Å². The summed E-state index contributed by atoms with van der Waals surface area (Å²) in [6, 6.07) is 5.33. The van der Waals surface area contributed by atoms with E-state index in [1.807, 2.05) is 0 Å². The van der Waals surface area contributed by atoms with Gasteiger partial charge in [-0.2, -0.15) is 0 Å². The van der Waals surface area contributed by atoms with Crippen LogP contribution < -0.4 is 11.1 Å². The molecule has 9 nitrogen and oxygen atoms in total. The van der Waals surface area contributed by atoms with Gasteiger partial charge in [-0.1, -0.05) is 19.1 Å². The fraction of sp³-hybridized carbons (Fsp3) is 0.550. The van der Waals surface area contributed by atoms with Gasteiger partial charge in [0.1, 0.15) is 6.04 Å². The lowest BCUT2D eigenvalue weighted by Gasteiger charge is -2.22. The van der Waals surface area contributed by atoms with Crippen molar-refractivity contribution in [3.05, 3.63) is 35.4 Å². The van der Waals surface area contributed by atoms with E-state index in [1.165, 1.54) is 0 Å². The smallest absolute Gasteiger partial charge is 0.335 e. The maximum absolute atomic E-state index is 12.6. The molecule has 1 rings (SSSR count). The van der Waals surface area contributed by atoms with Crippen molar-refractivity contribution in [3.63, 3.8) is 0 Å². The average Bonchev–Trinajstić information content (AvgIpc) is 2.66. The maximum Gasteiger partial charge on any atom is 0.335 e. The number of ether oxygens (including phenoxy) is 1. The molecule has 0 heterocycles. The number of carbonyl (C=O) groups is 3. The molecule has 0 saturated heterocycles. The summed E-state index contributed by atoms with van der Waals surface area (Å²) in [5.41, 5.74) is 6.37. The highest BCUT2D eigenvalue weighted by atomic mass is 31.2. The summed E-state index contributed by atoms with van der Waals surface area (Å²) in [5, 5.41) is 2.56. The second kappa shape index (κ2) is 12.5. The first kappa shape index (κ1) is 25.8. The van der Waals surface area contributed by atoms with E-state index in [9.17, 15) is 18.9 Å². The number of esters is 1. The highest BCUT2D eigenvalue weighted by Gasteiger charge is 2.28. The van der Waals surface area contributed by atoms with Crippen LogP contribution >= 0.6 is 7.60 Å². The zero-order valence-corrected chi connectivity index (χ0v) is 18.8. The summed E-state index contributed by atoms with van der Waals surface area (Å²) in [4.78, 5) is 36.0. The van der Waals surface area contributed by atoms with Crippen LogP contribution in [0.25, 0.3) is 0 Å². The van der Waals surface area contributed by atoms with Crippen molar-refractivity contribution in [2.75, 3.05) is 19.8 Å². The quantitative estimate of drug-likeness (QED) is 0.354. The number of hydrogen-bond acceptors (Lipinski definition) is 7. The summed E-state index contributed by atoms with van der Waals surface area (Å²) in [7, 11) is -3.25. The lowest BCUT2D eigenvalue weighted by atomic mass is 9.97. The molecule has 0 unspecified atom stereocenters. The number of nitrogens with two attached hydrogens (primary N) is 1. The molecule has 0 bridgehead atoms. The third-order valence-corrected chi connectivity index (χ3v) is 6.26. The van der Waals surface area contributed by atoms with Crippen LogP contribution in [0.1, 0.15) is 50.0 Å². The Kier molecular flexibility index (Phi) is 10.7. The molecule has 1 aromatic carbocycles. The highest BCUT2D eigenvalue weighted by Crippen LogP contribution is 2.51. The van der Waals surface area contributed by atoms with Gasteiger partial charge >= 0.3 is 13.6 Å². The van der Waals surface area contributed by atoms with Crippen molar-refractivity contribution in [1.29, 1.82) is 0 Å². The molecule has 0 spiro atoms. The van der Waals surface area contributed by atoms with Gasteiger partial charge in [-0.3, -0.25) is 18.9 Å². The summed E-state index contributed by atoms with van der Waals surface area (Å²) >= 11 is 0. The van der Waals surface area contributed by atoms with E-state index in [2.05, 4.69) is 5.32 Å². The Hall–Kier alpha value is -2.22. The zero-order valence-electron chi connectivity index (χ0n) is 17.9. The van der Waals surface area contributed by atoms with Crippen LogP contribution in [0.2, 0.25) is 0 Å². The normalized spacial score (nSPS) is 13.3. The minimum Gasteiger partial charge on any atom is -0.466 e. The van der Waals surface area contributed by atoms with Crippen molar-refractivity contribution >= 4 is 25.4 Å². The zero-order chi connectivity index (χ0) is 22.7. The van der Waals surface area contributed by atoms with E-state index in [1.54, 1.807) is 52.0 Å². The van der Waals surface area contributed by atoms with Crippen molar-refractivity contribution < 1.29 is 32.7 Å². The van der Waals surface area contributed by atoms with Gasteiger partial charge in [0.05, 0.1) is 32.4 Å². The van der Waals surface area contributed by atoms with Crippen LogP contribution in [0.4, 0.5) is 0 Å². The number of hydrogen-bond donors (Lipinski definition) is 2. The molecule has 2 atom stereocenters. The van der Waals surface area contributed by atoms with Gasteiger partial charge in [0.15, 0.2) is 0 Å². The predicted molar refractivity (Wildman–Crippen MR) is 112 cm³/mol. The molecule has 1 aromatic rings. The molecule has 30 heavy (non-hydrogen) atoms. The SMILES string of the molecule is CCOC(=O)C[C@H](C)[C@@H](NC(=O)c1ccc(CP(=O)(OCC)OCC)cc1)C(N)=O. The highest BCUT2D eigenvalue weighted by molar-refractivity contribution is 7.53. The fourth-order valence-electron chi connectivity index (χ4n) is 2.83. The standard InChI is InChI=1S/C20H31N2O7P/c1-5-27-17(23)12-14(4)18(19(21)24)22-20(25)16-10-8-15(9-11-16)13-30(26,28-6-2)29-7-3/h8-11,14,18H,5-7,12-13H2,1-4H3,(H2,21,24)(H,22,25)/t14-,18+/m0/s1. The average molecular weight is 442 g/mol. The molecule has 0 saturated carbocycles. The maximum atomic E-state index is 12.6. The summed E-state index contributed by atoms with van der Waals surface area (Å²) in [5.74, 6) is -2.26. The number of benzene rings is 1. The van der Waals surface area contributed by atoms with E-state index in [-0.39, 0.29) is 38.0 Å². The third kappa shape index (κ3) is 8.26. The molecular weight excluding hydrogens is 411 g/mol. The molecule has 0 aliphatic rings. The molecule has 0 aliphatic carbocycles. The van der Waals surface area contributed by atoms with E-state index in [4.69, 9.17) is 19.5 Å². The van der Waals surface area contributed by atoms with Crippen LogP contribution in [0.15, 0.2) is 24.3 Å². The van der Waals surface area contributed by atoms with E-state index in [0.717, 1.165) is 0 Å². The monoisotopic (exact) mass is 442 g/mol. The van der Waals surface area contributed by atoms with Crippen molar-refractivity contribution in [1.82, 2.24) is 5.32 Å². The lowest BCUT2D eigenvalue weighted by molar-refractivity contribution is -0.144. The van der Waals surface area contributed by atoms with Crippen LogP contribution in [-0.4, -0.2) is 43.6 Å². The molecule has 168 valence electrons. The lowest BCUT2D eigenvalue weighted by Crippen LogP contribution is -2.49. The third-order valence-electron chi connectivity index (χ3n) is 4.20. The molecule has 3 N–H and O–H groups in total. The molecule has 2 amide bonds. The molecular formula is C20H31N2O7P. The van der Waals surface area contributed by atoms with E-state index < -0.39 is 37.3 Å². The first-order valence-electron chi connectivity index (χ1n) is 9.88. The predicted octanol–water partition coefficient (Wildman–Crippen LogP) is 2.63. The Bertz CT molecular complexity index is 757. The fourth-order valence-corrected chi connectivity index (χ4v) is 4.53. The Labute approximate surface area is 177 Å². The minimum absolute atomic E-state index is 0.0508. The topological polar surface area (TPSA) is 134 Å². The Morgan fingerprint density at radius 2 is 1.60 bits per heavy atom. The largest absolute Gasteiger partial charge is 0.466 e. The van der Waals surface area contributed by atoms with Crippen molar-refractivity contribution in [2.24, 2.45) is 11.7 Å². The van der Waals surface area contributed by atoms with Gasteiger partial charge in [0, 0.05) is 5.56 Å². The summed E-state index contributed by atoms with van der Waals surface area (Å²) in [6.45, 7) is 7.53.